The van der Waals surface area contributed by atoms with Gasteiger partial charge >= 0.3 is 0 Å². The molecule has 4 rings (SSSR count). The molecule has 1 N–H and O–H groups in total. The maximum Gasteiger partial charge on any atom is 0.236 e. The van der Waals surface area contributed by atoms with E-state index < -0.39 is 0 Å². The quantitative estimate of drug-likeness (QED) is 0.344. The Morgan fingerprint density at radius 2 is 1.68 bits per heavy atom. The van der Waals surface area contributed by atoms with Crippen LogP contribution in [0.1, 0.15) is 51.9 Å². The third kappa shape index (κ3) is 5.12. The van der Waals surface area contributed by atoms with E-state index in [-0.39, 0.29) is 24.0 Å². The molecular weight excluding hydrogens is 465 g/mol. The number of halogens is 1. The molecule has 160 valence electrons. The zero-order valence-electron chi connectivity index (χ0n) is 17.5. The van der Waals surface area contributed by atoms with E-state index in [1.165, 1.54) is 44.9 Å². The number of carbonyl (C=O) groups is 1. The van der Waals surface area contributed by atoms with Crippen LogP contribution in [0.2, 0.25) is 0 Å². The standard InChI is InChI=1S/C21H37N5O.HI/c1-2-22-20(23-17-21(8-5-9-21)18-6-7-18)26-14-12-24(13-15-26)16-19(27)25-10-3-4-11-25;/h18H,2-17H2,1H3,(H,22,23);1H. The molecular formula is C21H38IN5O. The lowest BCUT2D eigenvalue weighted by molar-refractivity contribution is -0.131. The fourth-order valence-electron chi connectivity index (χ4n) is 5.06. The first-order valence-electron chi connectivity index (χ1n) is 11.2. The first-order valence-corrected chi connectivity index (χ1v) is 11.2. The summed E-state index contributed by atoms with van der Waals surface area (Å²) >= 11 is 0. The van der Waals surface area contributed by atoms with Gasteiger partial charge in [0, 0.05) is 52.4 Å². The molecule has 4 fully saturated rings. The van der Waals surface area contributed by atoms with Crippen molar-refractivity contribution in [3.63, 3.8) is 0 Å². The molecule has 0 bridgehead atoms. The number of likely N-dealkylation sites (tertiary alicyclic amines) is 1. The van der Waals surface area contributed by atoms with Gasteiger partial charge < -0.3 is 15.1 Å². The van der Waals surface area contributed by atoms with Crippen LogP contribution in [0.15, 0.2) is 4.99 Å². The summed E-state index contributed by atoms with van der Waals surface area (Å²) in [5.74, 6) is 2.36. The van der Waals surface area contributed by atoms with Gasteiger partial charge in [0.15, 0.2) is 5.96 Å². The molecule has 0 unspecified atom stereocenters. The van der Waals surface area contributed by atoms with Crippen LogP contribution < -0.4 is 5.32 Å². The molecule has 1 amide bonds. The first kappa shape index (κ1) is 22.1. The van der Waals surface area contributed by atoms with Crippen molar-refractivity contribution in [2.75, 3.05) is 58.9 Å². The van der Waals surface area contributed by atoms with Gasteiger partial charge in [0.2, 0.25) is 5.91 Å². The smallest absolute Gasteiger partial charge is 0.236 e. The van der Waals surface area contributed by atoms with Crippen molar-refractivity contribution in [3.8, 4) is 0 Å². The lowest BCUT2D eigenvalue weighted by Gasteiger charge is -2.42. The molecule has 2 saturated heterocycles. The third-order valence-electron chi connectivity index (χ3n) is 7.16. The van der Waals surface area contributed by atoms with E-state index in [1.807, 2.05) is 4.90 Å². The second-order valence-electron chi connectivity index (χ2n) is 9.01. The Bertz CT molecular complexity index is 547. The van der Waals surface area contributed by atoms with Crippen molar-refractivity contribution < 1.29 is 4.79 Å². The van der Waals surface area contributed by atoms with Crippen LogP contribution in [0, 0.1) is 11.3 Å². The monoisotopic (exact) mass is 503 g/mol. The fourth-order valence-corrected chi connectivity index (χ4v) is 5.06. The van der Waals surface area contributed by atoms with Crippen LogP contribution in [0.25, 0.3) is 0 Å². The van der Waals surface area contributed by atoms with Crippen molar-refractivity contribution in [3.05, 3.63) is 0 Å². The number of guanidine groups is 1. The minimum atomic E-state index is 0. The van der Waals surface area contributed by atoms with E-state index >= 15 is 0 Å². The Kier molecular flexibility index (Phi) is 7.87. The van der Waals surface area contributed by atoms with Crippen molar-refractivity contribution >= 4 is 35.8 Å². The van der Waals surface area contributed by atoms with Crippen LogP contribution in [0.5, 0.6) is 0 Å². The second-order valence-corrected chi connectivity index (χ2v) is 9.01. The highest BCUT2D eigenvalue weighted by atomic mass is 127. The van der Waals surface area contributed by atoms with Gasteiger partial charge in [-0.1, -0.05) is 6.42 Å². The van der Waals surface area contributed by atoms with E-state index in [4.69, 9.17) is 4.99 Å². The van der Waals surface area contributed by atoms with E-state index in [0.717, 1.165) is 64.2 Å². The van der Waals surface area contributed by atoms with Gasteiger partial charge in [-0.15, -0.1) is 24.0 Å². The second kappa shape index (κ2) is 9.96. The van der Waals surface area contributed by atoms with Crippen LogP contribution in [-0.2, 0) is 4.79 Å². The Morgan fingerprint density at radius 3 is 2.21 bits per heavy atom. The number of hydrogen-bond acceptors (Lipinski definition) is 3. The van der Waals surface area contributed by atoms with Gasteiger partial charge in [-0.3, -0.25) is 14.7 Å². The Morgan fingerprint density at radius 1 is 1.00 bits per heavy atom. The highest BCUT2D eigenvalue weighted by Gasteiger charge is 2.48. The zero-order chi connectivity index (χ0) is 18.7. The normalized spacial score (nSPS) is 25.2. The lowest BCUT2D eigenvalue weighted by atomic mass is 9.65. The van der Waals surface area contributed by atoms with E-state index in [1.54, 1.807) is 0 Å². The molecule has 0 atom stereocenters. The predicted molar refractivity (Wildman–Crippen MR) is 124 cm³/mol. The maximum absolute atomic E-state index is 12.4. The molecule has 28 heavy (non-hydrogen) atoms. The van der Waals surface area contributed by atoms with Crippen molar-refractivity contribution in [2.24, 2.45) is 16.3 Å². The molecule has 0 aromatic carbocycles. The minimum Gasteiger partial charge on any atom is -0.357 e. The third-order valence-corrected chi connectivity index (χ3v) is 7.16. The first-order chi connectivity index (χ1) is 13.2. The van der Waals surface area contributed by atoms with Gasteiger partial charge in [0.1, 0.15) is 0 Å². The lowest BCUT2D eigenvalue weighted by Crippen LogP contribution is -2.54. The number of piperazine rings is 1. The van der Waals surface area contributed by atoms with Crippen LogP contribution in [-0.4, -0.2) is 85.5 Å². The summed E-state index contributed by atoms with van der Waals surface area (Å²) in [4.78, 5) is 24.2. The number of rotatable bonds is 6. The zero-order valence-corrected chi connectivity index (χ0v) is 19.8. The number of carbonyl (C=O) groups excluding carboxylic acids is 1. The summed E-state index contributed by atoms with van der Waals surface area (Å²) in [5.41, 5.74) is 0.532. The average molecular weight is 503 g/mol. The summed E-state index contributed by atoms with van der Waals surface area (Å²) in [6.07, 6.45) is 9.35. The Balaban J connectivity index is 0.00000225. The van der Waals surface area contributed by atoms with Crippen molar-refractivity contribution in [1.82, 2.24) is 20.0 Å². The molecule has 6 nitrogen and oxygen atoms in total. The van der Waals surface area contributed by atoms with Crippen molar-refractivity contribution in [2.45, 2.75) is 51.9 Å². The van der Waals surface area contributed by atoms with Gasteiger partial charge in [-0.25, -0.2) is 0 Å². The summed E-state index contributed by atoms with van der Waals surface area (Å²) in [6.45, 7) is 10.4. The summed E-state index contributed by atoms with van der Waals surface area (Å²) < 4.78 is 0. The summed E-state index contributed by atoms with van der Waals surface area (Å²) in [6, 6.07) is 0. The number of amides is 1. The van der Waals surface area contributed by atoms with Gasteiger partial charge in [-0.05, 0) is 56.8 Å². The van der Waals surface area contributed by atoms with E-state index in [2.05, 4.69) is 22.0 Å². The molecule has 0 radical (unpaired) electrons. The Labute approximate surface area is 187 Å². The van der Waals surface area contributed by atoms with Gasteiger partial charge in [0.25, 0.3) is 0 Å². The molecule has 2 saturated carbocycles. The molecule has 2 heterocycles. The number of hydrogen-bond donors (Lipinski definition) is 1. The Hall–Kier alpha value is -0.570. The molecule has 0 spiro atoms. The highest BCUT2D eigenvalue weighted by Crippen LogP contribution is 2.57. The summed E-state index contributed by atoms with van der Waals surface area (Å²) in [5, 5.41) is 3.52. The van der Waals surface area contributed by atoms with Gasteiger partial charge in [0.05, 0.1) is 6.54 Å². The number of nitrogens with one attached hydrogen (secondary N) is 1. The summed E-state index contributed by atoms with van der Waals surface area (Å²) in [7, 11) is 0. The molecule has 4 aliphatic rings. The molecule has 7 heteroatoms. The van der Waals surface area contributed by atoms with Gasteiger partial charge in [-0.2, -0.15) is 0 Å². The largest absolute Gasteiger partial charge is 0.357 e. The highest BCUT2D eigenvalue weighted by molar-refractivity contribution is 14.0. The van der Waals surface area contributed by atoms with Crippen LogP contribution >= 0.6 is 24.0 Å². The number of aliphatic imine (C=N–C) groups is 1. The topological polar surface area (TPSA) is 51.2 Å². The molecule has 2 aliphatic carbocycles. The maximum atomic E-state index is 12.4. The predicted octanol–water partition coefficient (Wildman–Crippen LogP) is 2.39. The van der Waals surface area contributed by atoms with E-state index in [9.17, 15) is 4.79 Å². The fraction of sp³-hybridized carbons (Fsp3) is 0.905. The molecule has 0 aromatic rings. The molecule has 0 aromatic heterocycles. The van der Waals surface area contributed by atoms with Crippen molar-refractivity contribution in [1.29, 1.82) is 0 Å². The van der Waals surface area contributed by atoms with Crippen LogP contribution in [0.4, 0.5) is 0 Å². The molecule has 2 aliphatic heterocycles. The average Bonchev–Trinajstić information content (AvgIpc) is 3.33. The SMILES string of the molecule is CCNC(=NCC1(C2CC2)CCC1)N1CCN(CC(=O)N2CCCC2)CC1.I. The van der Waals surface area contributed by atoms with E-state index in [0.29, 0.717) is 17.9 Å². The minimum absolute atomic E-state index is 0. The van der Waals surface area contributed by atoms with Crippen LogP contribution in [0.3, 0.4) is 0 Å². The number of nitrogens with zero attached hydrogens (tertiary/aromatic N) is 4.